The molecule has 0 saturated carbocycles. The quantitative estimate of drug-likeness (QED) is 0.482. The van der Waals surface area contributed by atoms with E-state index < -0.39 is 0 Å². The molecule has 2 aliphatic heterocycles. The van der Waals surface area contributed by atoms with Crippen LogP contribution in [0.4, 0.5) is 0 Å². The van der Waals surface area contributed by atoms with Crippen LogP contribution in [0.3, 0.4) is 0 Å². The second kappa shape index (κ2) is 2.23. The van der Waals surface area contributed by atoms with E-state index in [1.165, 1.54) is 12.8 Å². The van der Waals surface area contributed by atoms with E-state index in [4.69, 9.17) is 0 Å². The number of carbonyl (C=O) groups excluding carboxylic acids is 1. The molecule has 0 radical (unpaired) electrons. The van der Waals surface area contributed by atoms with Crippen molar-refractivity contribution in [2.75, 3.05) is 6.54 Å². The van der Waals surface area contributed by atoms with E-state index in [2.05, 4.69) is 10.6 Å². The summed E-state index contributed by atoms with van der Waals surface area (Å²) in [6.45, 7) is 0.829. The minimum Gasteiger partial charge on any atom is -0.354 e. The highest BCUT2D eigenvalue weighted by molar-refractivity contribution is 5.77. The lowest BCUT2D eigenvalue weighted by Gasteiger charge is -2.06. The molecule has 2 bridgehead atoms. The maximum atomic E-state index is 10.9. The summed E-state index contributed by atoms with van der Waals surface area (Å²) in [7, 11) is 0. The highest BCUT2D eigenvalue weighted by Gasteiger charge is 2.28. The molecule has 2 N–H and O–H groups in total. The molecule has 56 valence electrons. The van der Waals surface area contributed by atoms with Gasteiger partial charge in [0, 0.05) is 25.0 Å². The fourth-order valence-corrected chi connectivity index (χ4v) is 1.76. The summed E-state index contributed by atoms with van der Waals surface area (Å²) in [5, 5.41) is 6.27. The Balaban J connectivity index is 2.05. The van der Waals surface area contributed by atoms with E-state index in [1.54, 1.807) is 0 Å². The zero-order chi connectivity index (χ0) is 6.97. The molecule has 2 saturated heterocycles. The number of hydrogen-bond donors (Lipinski definition) is 2. The van der Waals surface area contributed by atoms with Crippen LogP contribution in [0.25, 0.3) is 0 Å². The predicted molar refractivity (Wildman–Crippen MR) is 37.6 cm³/mol. The number of amides is 1. The molecule has 2 fully saturated rings. The van der Waals surface area contributed by atoms with Crippen LogP contribution in [0.15, 0.2) is 0 Å². The van der Waals surface area contributed by atoms with Gasteiger partial charge in [0.15, 0.2) is 0 Å². The van der Waals surface area contributed by atoms with E-state index in [0.29, 0.717) is 18.5 Å². The molecule has 2 rings (SSSR count). The van der Waals surface area contributed by atoms with E-state index in [-0.39, 0.29) is 5.91 Å². The van der Waals surface area contributed by atoms with Gasteiger partial charge in [-0.1, -0.05) is 0 Å². The number of carbonyl (C=O) groups is 1. The molecular formula is C7H12N2O. The highest BCUT2D eigenvalue weighted by Crippen LogP contribution is 2.16. The molecule has 1 amide bonds. The van der Waals surface area contributed by atoms with Crippen molar-refractivity contribution in [1.82, 2.24) is 10.6 Å². The Morgan fingerprint density at radius 1 is 1.30 bits per heavy atom. The van der Waals surface area contributed by atoms with Gasteiger partial charge >= 0.3 is 0 Å². The molecule has 0 aromatic rings. The molecule has 0 aliphatic carbocycles. The third-order valence-corrected chi connectivity index (χ3v) is 2.31. The van der Waals surface area contributed by atoms with Crippen LogP contribution in [0.2, 0.25) is 0 Å². The molecule has 2 unspecified atom stereocenters. The molecule has 3 nitrogen and oxygen atoms in total. The van der Waals surface area contributed by atoms with Crippen molar-refractivity contribution in [2.24, 2.45) is 0 Å². The molecule has 10 heavy (non-hydrogen) atoms. The molecule has 3 heteroatoms. The number of nitrogens with one attached hydrogen (secondary N) is 2. The van der Waals surface area contributed by atoms with Crippen LogP contribution in [0.5, 0.6) is 0 Å². The average molecular weight is 140 g/mol. The maximum Gasteiger partial charge on any atom is 0.221 e. The largest absolute Gasteiger partial charge is 0.354 e. The van der Waals surface area contributed by atoms with Gasteiger partial charge in [-0.2, -0.15) is 0 Å². The minimum atomic E-state index is 0.208. The second-order valence-electron chi connectivity index (χ2n) is 3.15. The lowest BCUT2D eigenvalue weighted by Crippen LogP contribution is -2.33. The first kappa shape index (κ1) is 6.16. The third-order valence-electron chi connectivity index (χ3n) is 2.31. The first-order valence-electron chi connectivity index (χ1n) is 3.87. The molecular weight excluding hydrogens is 128 g/mol. The fraction of sp³-hybridized carbons (Fsp3) is 0.857. The van der Waals surface area contributed by atoms with Gasteiger partial charge in [-0.05, 0) is 12.8 Å². The van der Waals surface area contributed by atoms with Crippen LogP contribution in [0, 0.1) is 0 Å². The third kappa shape index (κ3) is 1.01. The van der Waals surface area contributed by atoms with Crippen molar-refractivity contribution in [3.05, 3.63) is 0 Å². The molecule has 2 heterocycles. The Morgan fingerprint density at radius 2 is 2.10 bits per heavy atom. The van der Waals surface area contributed by atoms with Crippen LogP contribution in [-0.2, 0) is 4.79 Å². The summed E-state index contributed by atoms with van der Waals surface area (Å²) in [4.78, 5) is 10.9. The van der Waals surface area contributed by atoms with Gasteiger partial charge < -0.3 is 10.6 Å². The standard InChI is InChI=1S/C7H12N2O/c10-7-3-5-1-2-6(9-5)4-8-7/h5-6,9H,1-4H2,(H,8,10). The Labute approximate surface area is 60.2 Å². The Kier molecular flexibility index (Phi) is 1.38. The minimum absolute atomic E-state index is 0.208. The molecule has 0 spiro atoms. The van der Waals surface area contributed by atoms with Gasteiger partial charge in [0.05, 0.1) is 0 Å². The Morgan fingerprint density at radius 3 is 3.00 bits per heavy atom. The van der Waals surface area contributed by atoms with Gasteiger partial charge in [0.25, 0.3) is 0 Å². The predicted octanol–water partition coefficient (Wildman–Crippen LogP) is -0.373. The summed E-state index contributed by atoms with van der Waals surface area (Å²) in [5.74, 6) is 0.208. The first-order valence-corrected chi connectivity index (χ1v) is 3.87. The monoisotopic (exact) mass is 140 g/mol. The van der Waals surface area contributed by atoms with Crippen molar-refractivity contribution >= 4 is 5.91 Å². The summed E-state index contributed by atoms with van der Waals surface area (Å²) in [5.41, 5.74) is 0. The van der Waals surface area contributed by atoms with Crippen molar-refractivity contribution in [2.45, 2.75) is 31.3 Å². The van der Waals surface area contributed by atoms with E-state index in [9.17, 15) is 4.79 Å². The van der Waals surface area contributed by atoms with Gasteiger partial charge in [-0.25, -0.2) is 0 Å². The Bertz CT molecular complexity index is 158. The summed E-state index contributed by atoms with van der Waals surface area (Å²) < 4.78 is 0. The SMILES string of the molecule is O=C1CC2CCC(CN1)N2. The lowest BCUT2D eigenvalue weighted by atomic mass is 10.1. The molecule has 2 aliphatic rings. The number of fused-ring (bicyclic) bond motifs is 2. The van der Waals surface area contributed by atoms with Crippen molar-refractivity contribution < 1.29 is 4.79 Å². The number of rotatable bonds is 0. The Hall–Kier alpha value is -0.570. The zero-order valence-electron chi connectivity index (χ0n) is 5.89. The van der Waals surface area contributed by atoms with Crippen molar-refractivity contribution in [3.63, 3.8) is 0 Å². The van der Waals surface area contributed by atoms with Gasteiger partial charge in [-0.3, -0.25) is 4.79 Å². The highest BCUT2D eigenvalue weighted by atomic mass is 16.1. The number of hydrogen-bond acceptors (Lipinski definition) is 2. The smallest absolute Gasteiger partial charge is 0.221 e. The van der Waals surface area contributed by atoms with Crippen LogP contribution < -0.4 is 10.6 Å². The molecule has 2 atom stereocenters. The van der Waals surface area contributed by atoms with Crippen molar-refractivity contribution in [1.29, 1.82) is 0 Å². The van der Waals surface area contributed by atoms with Crippen LogP contribution in [-0.4, -0.2) is 24.5 Å². The molecule has 0 aromatic carbocycles. The summed E-state index contributed by atoms with van der Waals surface area (Å²) in [6, 6.07) is 1.02. The van der Waals surface area contributed by atoms with Gasteiger partial charge in [0.2, 0.25) is 5.91 Å². The normalized spacial score (nSPS) is 39.0. The van der Waals surface area contributed by atoms with Crippen LogP contribution >= 0.6 is 0 Å². The maximum absolute atomic E-state index is 10.9. The topological polar surface area (TPSA) is 41.1 Å². The van der Waals surface area contributed by atoms with Gasteiger partial charge in [-0.15, -0.1) is 0 Å². The van der Waals surface area contributed by atoms with E-state index >= 15 is 0 Å². The van der Waals surface area contributed by atoms with Crippen LogP contribution in [0.1, 0.15) is 19.3 Å². The fourth-order valence-electron chi connectivity index (χ4n) is 1.76. The summed E-state index contributed by atoms with van der Waals surface area (Å²) in [6.07, 6.45) is 3.08. The van der Waals surface area contributed by atoms with Crippen molar-refractivity contribution in [3.8, 4) is 0 Å². The van der Waals surface area contributed by atoms with Gasteiger partial charge in [0.1, 0.15) is 0 Å². The zero-order valence-corrected chi connectivity index (χ0v) is 5.89. The first-order chi connectivity index (χ1) is 4.84. The van der Waals surface area contributed by atoms with E-state index in [0.717, 1.165) is 6.54 Å². The molecule has 0 aromatic heterocycles. The lowest BCUT2D eigenvalue weighted by molar-refractivity contribution is -0.121. The van der Waals surface area contributed by atoms with E-state index in [1.807, 2.05) is 0 Å². The second-order valence-corrected chi connectivity index (χ2v) is 3.15. The summed E-state index contributed by atoms with van der Waals surface area (Å²) >= 11 is 0. The average Bonchev–Trinajstić information content (AvgIpc) is 2.22.